The van der Waals surface area contributed by atoms with Crippen LogP contribution < -0.4 is 5.32 Å². The van der Waals surface area contributed by atoms with Crippen molar-refractivity contribution >= 4 is 5.91 Å². The molecule has 0 aromatic rings. The van der Waals surface area contributed by atoms with Gasteiger partial charge in [-0.1, -0.05) is 256 Å². The molecule has 0 aliphatic heterocycles. The lowest BCUT2D eigenvalue weighted by Gasteiger charge is -2.26. The first-order chi connectivity index (χ1) is 28.6. The molecule has 5 nitrogen and oxygen atoms in total. The second kappa shape index (κ2) is 48.5. The quantitative estimate of drug-likeness (QED) is 0.0364. The van der Waals surface area contributed by atoms with Gasteiger partial charge in [0.25, 0.3) is 0 Å². The zero-order valence-corrected chi connectivity index (χ0v) is 39.2. The highest BCUT2D eigenvalue weighted by Gasteiger charge is 2.26. The molecular weight excluding hydrogens is 715 g/mol. The number of carbonyl (C=O) groups excluding carboxylic acids is 1. The molecule has 0 radical (unpaired) electrons. The van der Waals surface area contributed by atoms with Crippen molar-refractivity contribution in [1.82, 2.24) is 5.32 Å². The van der Waals surface area contributed by atoms with E-state index in [9.17, 15) is 20.1 Å². The van der Waals surface area contributed by atoms with Gasteiger partial charge >= 0.3 is 0 Å². The Labute approximate surface area is 362 Å². The second-order valence-corrected chi connectivity index (χ2v) is 18.1. The summed E-state index contributed by atoms with van der Waals surface area (Å²) in [4.78, 5) is 12.5. The first kappa shape index (κ1) is 56.8. The fourth-order valence-electron chi connectivity index (χ4n) is 8.25. The van der Waals surface area contributed by atoms with Crippen LogP contribution in [0.15, 0.2) is 24.3 Å². The number of rotatable bonds is 48. The van der Waals surface area contributed by atoms with E-state index in [4.69, 9.17) is 0 Å². The first-order valence-electron chi connectivity index (χ1n) is 26.1. The highest BCUT2D eigenvalue weighted by molar-refractivity contribution is 5.76. The van der Waals surface area contributed by atoms with E-state index in [0.717, 1.165) is 44.9 Å². The lowest BCUT2D eigenvalue weighted by molar-refractivity contribution is -0.124. The number of carbonyl (C=O) groups is 1. The molecule has 0 aromatic carbocycles. The van der Waals surface area contributed by atoms with Crippen LogP contribution in [0.2, 0.25) is 0 Å². The number of unbranched alkanes of at least 4 members (excludes halogenated alkanes) is 36. The fraction of sp³-hybridized carbons (Fsp3) is 0.906. The molecular formula is C53H103NO4. The molecule has 0 aromatic heterocycles. The summed E-state index contributed by atoms with van der Waals surface area (Å²) in [5, 5.41) is 33.5. The SMILES string of the molecule is CCCCCCCCCCC/C=C\C/C=C\CCCCCCCCCCCCCCCCCCCC(=O)NC(CO)C(O)C(O)CCCCCCCCCCCCC. The Morgan fingerprint density at radius 3 is 1.09 bits per heavy atom. The lowest BCUT2D eigenvalue weighted by atomic mass is 9.99. The topological polar surface area (TPSA) is 89.8 Å². The number of hydrogen-bond acceptors (Lipinski definition) is 4. The number of amides is 1. The van der Waals surface area contributed by atoms with Crippen LogP contribution in [0.5, 0.6) is 0 Å². The van der Waals surface area contributed by atoms with E-state index in [0.29, 0.717) is 12.8 Å². The van der Waals surface area contributed by atoms with Crippen LogP contribution >= 0.6 is 0 Å². The van der Waals surface area contributed by atoms with Crippen molar-refractivity contribution < 1.29 is 20.1 Å². The van der Waals surface area contributed by atoms with Gasteiger partial charge in [0.05, 0.1) is 18.8 Å². The Hall–Kier alpha value is -1.17. The average Bonchev–Trinajstić information content (AvgIpc) is 3.23. The Bertz CT molecular complexity index is 859. The van der Waals surface area contributed by atoms with Crippen molar-refractivity contribution in [3.63, 3.8) is 0 Å². The molecule has 0 saturated carbocycles. The fourth-order valence-corrected chi connectivity index (χ4v) is 8.25. The van der Waals surface area contributed by atoms with E-state index in [1.165, 1.54) is 212 Å². The molecule has 0 fully saturated rings. The molecule has 0 bridgehead atoms. The van der Waals surface area contributed by atoms with Gasteiger partial charge in [0, 0.05) is 6.42 Å². The Morgan fingerprint density at radius 2 is 0.741 bits per heavy atom. The standard InChI is InChI=1S/C53H103NO4/c1-3-5-7-9-11-13-15-16-17-18-19-20-21-22-23-24-25-26-27-28-29-30-31-32-33-34-35-36-38-40-42-44-46-48-52(57)54-50(49-55)53(58)51(56)47-45-43-41-39-37-14-12-10-8-6-4-2/h19-20,22-23,50-51,53,55-56,58H,3-18,21,24-49H2,1-2H3,(H,54,57)/b20-19-,23-22-. The number of hydrogen-bond donors (Lipinski definition) is 4. The minimum Gasteiger partial charge on any atom is -0.394 e. The van der Waals surface area contributed by atoms with Gasteiger partial charge in [0.2, 0.25) is 5.91 Å². The van der Waals surface area contributed by atoms with Crippen molar-refractivity contribution in [2.75, 3.05) is 6.61 Å². The molecule has 0 aliphatic carbocycles. The number of aliphatic hydroxyl groups is 3. The third-order valence-electron chi connectivity index (χ3n) is 12.3. The molecule has 1 amide bonds. The molecule has 0 rings (SSSR count). The summed E-state index contributed by atoms with van der Waals surface area (Å²) in [6.45, 7) is 4.18. The molecule has 0 saturated heterocycles. The molecule has 4 N–H and O–H groups in total. The molecule has 58 heavy (non-hydrogen) atoms. The van der Waals surface area contributed by atoms with Crippen LogP contribution in [-0.4, -0.2) is 46.1 Å². The van der Waals surface area contributed by atoms with Gasteiger partial charge in [-0.2, -0.15) is 0 Å². The normalized spacial score (nSPS) is 13.5. The summed E-state index contributed by atoms with van der Waals surface area (Å²) in [5.41, 5.74) is 0. The molecule has 0 spiro atoms. The van der Waals surface area contributed by atoms with Gasteiger partial charge in [0.1, 0.15) is 6.10 Å². The van der Waals surface area contributed by atoms with Gasteiger partial charge < -0.3 is 20.6 Å². The molecule has 5 heteroatoms. The summed E-state index contributed by atoms with van der Waals surface area (Å²) in [6.07, 6.45) is 60.4. The van der Waals surface area contributed by atoms with E-state index < -0.39 is 18.2 Å². The zero-order chi connectivity index (χ0) is 42.3. The highest BCUT2D eigenvalue weighted by atomic mass is 16.3. The van der Waals surface area contributed by atoms with Gasteiger partial charge in [-0.25, -0.2) is 0 Å². The van der Waals surface area contributed by atoms with Gasteiger partial charge in [-0.05, 0) is 44.9 Å². The largest absolute Gasteiger partial charge is 0.394 e. The molecule has 3 atom stereocenters. The minimum absolute atomic E-state index is 0.142. The van der Waals surface area contributed by atoms with E-state index in [-0.39, 0.29) is 12.5 Å². The van der Waals surface area contributed by atoms with Gasteiger partial charge in [0.15, 0.2) is 0 Å². The maximum Gasteiger partial charge on any atom is 0.220 e. The third kappa shape index (κ3) is 42.9. The molecule has 344 valence electrons. The summed E-state index contributed by atoms with van der Waals surface area (Å²) in [5.74, 6) is -0.142. The number of nitrogens with one attached hydrogen (secondary N) is 1. The van der Waals surface area contributed by atoms with Crippen LogP contribution in [-0.2, 0) is 4.79 Å². The van der Waals surface area contributed by atoms with Crippen LogP contribution in [0.1, 0.15) is 284 Å². The van der Waals surface area contributed by atoms with Crippen molar-refractivity contribution in [1.29, 1.82) is 0 Å². The van der Waals surface area contributed by atoms with Crippen molar-refractivity contribution in [2.45, 2.75) is 302 Å². The summed E-state index contributed by atoms with van der Waals surface area (Å²) in [7, 11) is 0. The van der Waals surface area contributed by atoms with Crippen molar-refractivity contribution in [3.8, 4) is 0 Å². The smallest absolute Gasteiger partial charge is 0.220 e. The maximum absolute atomic E-state index is 12.5. The maximum atomic E-state index is 12.5. The Kier molecular flexibility index (Phi) is 47.5. The van der Waals surface area contributed by atoms with Crippen molar-refractivity contribution in [2.24, 2.45) is 0 Å². The number of allylic oxidation sites excluding steroid dienone is 4. The van der Waals surface area contributed by atoms with Crippen LogP contribution in [0.3, 0.4) is 0 Å². The predicted octanol–water partition coefficient (Wildman–Crippen LogP) is 15.7. The summed E-state index contributed by atoms with van der Waals surface area (Å²) < 4.78 is 0. The minimum atomic E-state index is -1.13. The Morgan fingerprint density at radius 1 is 0.431 bits per heavy atom. The first-order valence-corrected chi connectivity index (χ1v) is 26.1. The average molecular weight is 818 g/mol. The van der Waals surface area contributed by atoms with E-state index in [1.807, 2.05) is 0 Å². The monoisotopic (exact) mass is 818 g/mol. The van der Waals surface area contributed by atoms with Crippen LogP contribution in [0, 0.1) is 0 Å². The van der Waals surface area contributed by atoms with Gasteiger partial charge in [-0.15, -0.1) is 0 Å². The predicted molar refractivity (Wildman–Crippen MR) is 255 cm³/mol. The lowest BCUT2D eigenvalue weighted by Crippen LogP contribution is -2.50. The molecule has 0 heterocycles. The summed E-state index contributed by atoms with van der Waals surface area (Å²) in [6, 6.07) is -0.806. The van der Waals surface area contributed by atoms with Crippen LogP contribution in [0.4, 0.5) is 0 Å². The van der Waals surface area contributed by atoms with E-state index >= 15 is 0 Å². The van der Waals surface area contributed by atoms with Crippen molar-refractivity contribution in [3.05, 3.63) is 24.3 Å². The van der Waals surface area contributed by atoms with E-state index in [1.54, 1.807) is 0 Å². The number of aliphatic hydroxyl groups excluding tert-OH is 3. The molecule has 0 aliphatic rings. The van der Waals surface area contributed by atoms with Crippen LogP contribution in [0.25, 0.3) is 0 Å². The summed E-state index contributed by atoms with van der Waals surface area (Å²) >= 11 is 0. The van der Waals surface area contributed by atoms with E-state index in [2.05, 4.69) is 43.5 Å². The molecule has 3 unspecified atom stereocenters. The van der Waals surface area contributed by atoms with Gasteiger partial charge in [-0.3, -0.25) is 4.79 Å². The Balaban J connectivity index is 3.47. The zero-order valence-electron chi connectivity index (χ0n) is 39.2. The second-order valence-electron chi connectivity index (χ2n) is 18.1. The third-order valence-corrected chi connectivity index (χ3v) is 12.3. The highest BCUT2D eigenvalue weighted by Crippen LogP contribution is 2.17.